The zero-order chi connectivity index (χ0) is 29.5. The van der Waals surface area contributed by atoms with E-state index in [0.717, 1.165) is 6.92 Å². The van der Waals surface area contributed by atoms with Crippen molar-refractivity contribution in [2.24, 2.45) is 5.92 Å². The van der Waals surface area contributed by atoms with Gasteiger partial charge in [0.05, 0.1) is 0 Å². The number of ether oxygens (including phenoxy) is 3. The van der Waals surface area contributed by atoms with Gasteiger partial charge in [0.25, 0.3) is 0 Å². The number of hydrogen-bond donors (Lipinski definition) is 6. The minimum absolute atomic E-state index is 0.109. The summed E-state index contributed by atoms with van der Waals surface area (Å²) >= 11 is 0. The molecular weight excluding hydrogens is 527 g/mol. The second-order valence-electron chi connectivity index (χ2n) is 9.71. The predicted octanol–water partition coefficient (Wildman–Crippen LogP) is -0.157. The third-order valence-corrected chi connectivity index (χ3v) is 7.14. The molecule has 2 saturated heterocycles. The molecule has 0 aliphatic carbocycles. The molecule has 8 atom stereocenters. The van der Waals surface area contributed by atoms with Crippen LogP contribution >= 0.6 is 0 Å². The van der Waals surface area contributed by atoms with Gasteiger partial charge in [0.1, 0.15) is 24.1 Å². The van der Waals surface area contributed by atoms with Crippen molar-refractivity contribution < 1.29 is 68.4 Å². The molecule has 2 aliphatic heterocycles. The standard InChI is InChI=1S/C25H29FO13/c1-11(16(37-13(3)27)12(2)10-14-6-4-5-7-15(14)26)8-9-23-17(28)18(29)25(39-23,22(34)35)24(36,21(32)33)19(38-23)20(30)31/h4-7,12,16-19,28-29,36H,1,8-10H2,2-3H3,(H,30,31)(H,32,33)(H,34,35). The molecule has 2 heterocycles. The summed E-state index contributed by atoms with van der Waals surface area (Å²) in [6.45, 7) is 6.64. The highest BCUT2D eigenvalue weighted by Gasteiger charge is 2.84. The number of aliphatic carboxylic acids is 3. The number of carboxylic acid groups (broad SMARTS) is 3. The van der Waals surface area contributed by atoms with Crippen LogP contribution in [0, 0.1) is 11.7 Å². The molecule has 6 N–H and O–H groups in total. The van der Waals surface area contributed by atoms with Gasteiger partial charge < -0.3 is 44.8 Å². The van der Waals surface area contributed by atoms with E-state index in [2.05, 4.69) is 6.58 Å². The van der Waals surface area contributed by atoms with E-state index in [1.165, 1.54) is 12.1 Å². The zero-order valence-electron chi connectivity index (χ0n) is 20.9. The molecule has 39 heavy (non-hydrogen) atoms. The fourth-order valence-corrected chi connectivity index (χ4v) is 5.20. The molecule has 1 aromatic carbocycles. The predicted molar refractivity (Wildman–Crippen MR) is 124 cm³/mol. The van der Waals surface area contributed by atoms with E-state index >= 15 is 0 Å². The smallest absolute Gasteiger partial charge is 0.343 e. The van der Waals surface area contributed by atoms with Crippen LogP contribution in [0.25, 0.3) is 0 Å². The van der Waals surface area contributed by atoms with Gasteiger partial charge in [-0.3, -0.25) is 4.79 Å². The fraction of sp³-hybridized carbons (Fsp3) is 0.520. The number of carboxylic acids is 3. The number of benzene rings is 1. The highest BCUT2D eigenvalue weighted by Crippen LogP contribution is 2.54. The highest BCUT2D eigenvalue weighted by molar-refractivity contribution is 5.97. The third kappa shape index (κ3) is 4.78. The van der Waals surface area contributed by atoms with Gasteiger partial charge in [-0.1, -0.05) is 31.7 Å². The van der Waals surface area contributed by atoms with Crippen molar-refractivity contribution in [2.45, 2.75) is 74.5 Å². The number of esters is 1. The Bertz CT molecular complexity index is 1190. The topological polar surface area (TPSA) is 217 Å². The largest absolute Gasteiger partial charge is 0.479 e. The molecule has 8 unspecified atom stereocenters. The fourth-order valence-electron chi connectivity index (χ4n) is 5.20. The molecule has 3 rings (SSSR count). The Balaban J connectivity index is 1.93. The van der Waals surface area contributed by atoms with E-state index in [1.54, 1.807) is 19.1 Å². The van der Waals surface area contributed by atoms with Gasteiger partial charge in [0, 0.05) is 19.3 Å². The van der Waals surface area contributed by atoms with E-state index in [1.807, 2.05) is 0 Å². The highest BCUT2D eigenvalue weighted by atomic mass is 19.1. The van der Waals surface area contributed by atoms with Crippen LogP contribution in [0.1, 0.15) is 32.3 Å². The Hall–Kier alpha value is -3.43. The number of rotatable bonds is 11. The molecule has 0 radical (unpaired) electrons. The first-order valence-electron chi connectivity index (χ1n) is 11.8. The minimum Gasteiger partial charge on any atom is -0.479 e. The molecule has 13 nitrogen and oxygen atoms in total. The summed E-state index contributed by atoms with van der Waals surface area (Å²) in [5.74, 6) is -11.1. The Labute approximate surface area is 221 Å². The first kappa shape index (κ1) is 30.1. The van der Waals surface area contributed by atoms with E-state index in [9.17, 15) is 54.2 Å². The SMILES string of the molecule is C=C(CCC12OC(C(=O)O)C(O)(C(=O)O)C(C(=O)O)(O1)C(O)C2O)C(OC(C)=O)C(C)Cc1ccccc1F. The Morgan fingerprint density at radius 3 is 2.23 bits per heavy atom. The molecule has 2 aliphatic rings. The number of aliphatic hydroxyl groups is 3. The van der Waals surface area contributed by atoms with Crippen molar-refractivity contribution in [1.29, 1.82) is 0 Å². The summed E-state index contributed by atoms with van der Waals surface area (Å²) in [5, 5.41) is 61.2. The molecule has 0 saturated carbocycles. The second-order valence-corrected chi connectivity index (χ2v) is 9.71. The van der Waals surface area contributed by atoms with Crippen molar-refractivity contribution in [2.75, 3.05) is 0 Å². The van der Waals surface area contributed by atoms with Crippen LogP contribution in [-0.4, -0.2) is 95.9 Å². The minimum atomic E-state index is -3.85. The summed E-state index contributed by atoms with van der Waals surface area (Å²) in [5.41, 5.74) is -6.91. The third-order valence-electron chi connectivity index (χ3n) is 7.14. The summed E-state index contributed by atoms with van der Waals surface area (Å²) in [6, 6.07) is 5.92. The molecule has 2 bridgehead atoms. The van der Waals surface area contributed by atoms with Gasteiger partial charge in [-0.2, -0.15) is 0 Å². The molecular formula is C25H29FO13. The molecule has 0 spiro atoms. The number of aliphatic hydroxyl groups excluding tert-OH is 2. The first-order chi connectivity index (χ1) is 18.0. The average Bonchev–Trinajstić information content (AvgIpc) is 3.05. The van der Waals surface area contributed by atoms with Crippen molar-refractivity contribution in [3.05, 3.63) is 47.8 Å². The number of halogens is 1. The average molecular weight is 556 g/mol. The van der Waals surface area contributed by atoms with Gasteiger partial charge in [-0.15, -0.1) is 0 Å². The molecule has 2 fully saturated rings. The molecule has 0 amide bonds. The number of fused-ring (bicyclic) bond motifs is 2. The van der Waals surface area contributed by atoms with Crippen LogP contribution in [0.4, 0.5) is 4.39 Å². The molecule has 214 valence electrons. The maximum Gasteiger partial charge on any atom is 0.343 e. The van der Waals surface area contributed by atoms with E-state index in [0.29, 0.717) is 5.56 Å². The second kappa shape index (κ2) is 10.6. The Morgan fingerprint density at radius 1 is 1.10 bits per heavy atom. The van der Waals surface area contributed by atoms with Crippen LogP contribution in [-0.2, 0) is 39.8 Å². The van der Waals surface area contributed by atoms with Crippen LogP contribution in [0.2, 0.25) is 0 Å². The van der Waals surface area contributed by atoms with Crippen LogP contribution in [0.15, 0.2) is 36.4 Å². The van der Waals surface area contributed by atoms with Gasteiger partial charge >= 0.3 is 23.9 Å². The van der Waals surface area contributed by atoms with Crippen LogP contribution < -0.4 is 0 Å². The van der Waals surface area contributed by atoms with Crippen molar-refractivity contribution in [3.63, 3.8) is 0 Å². The molecule has 1 aromatic rings. The van der Waals surface area contributed by atoms with Crippen LogP contribution in [0.3, 0.4) is 0 Å². The van der Waals surface area contributed by atoms with E-state index in [-0.39, 0.29) is 18.4 Å². The molecule has 14 heteroatoms. The Morgan fingerprint density at radius 2 is 1.72 bits per heavy atom. The number of carbonyl (C=O) groups is 4. The van der Waals surface area contributed by atoms with Gasteiger partial charge in [-0.05, 0) is 30.0 Å². The van der Waals surface area contributed by atoms with Crippen LogP contribution in [0.5, 0.6) is 0 Å². The lowest BCUT2D eigenvalue weighted by molar-refractivity contribution is -0.374. The zero-order valence-corrected chi connectivity index (χ0v) is 20.9. The summed E-state index contributed by atoms with van der Waals surface area (Å²) in [6.07, 6.45) is -9.60. The summed E-state index contributed by atoms with van der Waals surface area (Å²) in [7, 11) is 0. The maximum atomic E-state index is 14.2. The quantitative estimate of drug-likeness (QED) is 0.154. The number of carbonyl (C=O) groups excluding carboxylic acids is 1. The van der Waals surface area contributed by atoms with Gasteiger partial charge in [0.2, 0.25) is 17.3 Å². The molecule has 0 aromatic heterocycles. The lowest BCUT2D eigenvalue weighted by Crippen LogP contribution is -2.77. The van der Waals surface area contributed by atoms with Gasteiger partial charge in [0.15, 0.2) is 5.79 Å². The van der Waals surface area contributed by atoms with Crippen molar-refractivity contribution >= 4 is 23.9 Å². The number of hydrogen-bond acceptors (Lipinski definition) is 10. The van der Waals surface area contributed by atoms with Crippen molar-refractivity contribution in [3.8, 4) is 0 Å². The Kier molecular flexibility index (Phi) is 8.20. The van der Waals surface area contributed by atoms with E-state index in [4.69, 9.17) is 14.2 Å². The monoisotopic (exact) mass is 556 g/mol. The lowest BCUT2D eigenvalue weighted by atomic mass is 9.74. The summed E-state index contributed by atoms with van der Waals surface area (Å²) < 4.78 is 30.1. The normalized spacial score (nSPS) is 33.1. The summed E-state index contributed by atoms with van der Waals surface area (Å²) in [4.78, 5) is 47.9. The first-order valence-corrected chi connectivity index (χ1v) is 11.8. The van der Waals surface area contributed by atoms with E-state index < -0.39 is 83.4 Å². The van der Waals surface area contributed by atoms with Gasteiger partial charge in [-0.25, -0.2) is 18.8 Å². The maximum absolute atomic E-state index is 14.2. The lowest BCUT2D eigenvalue weighted by Gasteiger charge is -2.48. The van der Waals surface area contributed by atoms with Crippen molar-refractivity contribution in [1.82, 2.24) is 0 Å².